The van der Waals surface area contributed by atoms with Gasteiger partial charge in [-0.1, -0.05) is 84.2 Å². The highest BCUT2D eigenvalue weighted by molar-refractivity contribution is 9.10. The van der Waals surface area contributed by atoms with E-state index in [2.05, 4.69) is 102 Å². The van der Waals surface area contributed by atoms with E-state index in [1.54, 1.807) is 0 Å². The Hall–Kier alpha value is 0.230. The van der Waals surface area contributed by atoms with Gasteiger partial charge in [0, 0.05) is 25.4 Å². The van der Waals surface area contributed by atoms with E-state index < -0.39 is 0 Å². The van der Waals surface area contributed by atoms with Crippen molar-refractivity contribution in [2.75, 3.05) is 16.4 Å². The molecule has 0 bridgehead atoms. The van der Waals surface area contributed by atoms with Crippen molar-refractivity contribution in [3.05, 3.63) is 64.6 Å². The third-order valence-corrected chi connectivity index (χ3v) is 7.40. The Kier molecular flexibility index (Phi) is 7.33. The van der Waals surface area contributed by atoms with E-state index >= 15 is 0 Å². The Morgan fingerprint density at radius 3 is 2.10 bits per heavy atom. The molecule has 0 aromatic heterocycles. The topological polar surface area (TPSA) is 0 Å². The normalized spacial score (nSPS) is 11.6. The molecule has 0 unspecified atom stereocenters. The van der Waals surface area contributed by atoms with E-state index in [1.807, 2.05) is 11.8 Å². The smallest absolute Gasteiger partial charge is 0.0213 e. The number of alkyl halides is 2. The molecule has 0 nitrogen and oxygen atoms in total. The molecule has 4 heteroatoms. The Morgan fingerprint density at radius 2 is 1.48 bits per heavy atom. The molecule has 112 valence electrons. The molecule has 0 amide bonds. The molecule has 0 saturated heterocycles. The highest BCUT2D eigenvalue weighted by Crippen LogP contribution is 2.38. The predicted octanol–water partition coefficient (Wildman–Crippen LogP) is 6.66. The minimum Gasteiger partial charge on any atom is -0.126 e. The van der Waals surface area contributed by atoms with Crippen LogP contribution in [0.15, 0.2) is 64.0 Å². The number of benzene rings is 2. The van der Waals surface area contributed by atoms with Crippen molar-refractivity contribution in [3.8, 4) is 0 Å². The summed E-state index contributed by atoms with van der Waals surface area (Å²) in [5.41, 5.74) is 1.48. The fourth-order valence-corrected chi connectivity index (χ4v) is 6.10. The maximum atomic E-state index is 3.73. The molecule has 0 aliphatic rings. The van der Waals surface area contributed by atoms with Crippen molar-refractivity contribution < 1.29 is 0 Å². The molecule has 0 saturated carbocycles. The molecule has 0 aliphatic heterocycles. The molecular formula is C17H17Br3S. The maximum absolute atomic E-state index is 3.73. The molecule has 0 aliphatic carbocycles. The number of thioether (sulfide) groups is 1. The quantitative estimate of drug-likeness (QED) is 0.307. The van der Waals surface area contributed by atoms with Gasteiger partial charge in [-0.25, -0.2) is 0 Å². The van der Waals surface area contributed by atoms with Crippen molar-refractivity contribution in [2.24, 2.45) is 0 Å². The molecule has 0 heterocycles. The first-order valence-electron chi connectivity index (χ1n) is 6.76. The largest absolute Gasteiger partial charge is 0.126 e. The minimum absolute atomic E-state index is 0.113. The zero-order chi connectivity index (χ0) is 15.1. The van der Waals surface area contributed by atoms with Gasteiger partial charge < -0.3 is 0 Å². The molecule has 2 aromatic rings. The molecule has 2 aromatic carbocycles. The summed E-state index contributed by atoms with van der Waals surface area (Å²) >= 11 is 13.1. The molecule has 0 atom stereocenters. The second-order valence-electron chi connectivity index (χ2n) is 4.94. The second-order valence-corrected chi connectivity index (χ2v) is 8.08. The van der Waals surface area contributed by atoms with Crippen molar-refractivity contribution in [2.45, 2.75) is 16.7 Å². The summed E-state index contributed by atoms with van der Waals surface area (Å²) in [7, 11) is 0. The Morgan fingerprint density at radius 1 is 0.857 bits per heavy atom. The number of hydrogen-bond donors (Lipinski definition) is 0. The Bertz CT molecular complexity index is 553. The first-order chi connectivity index (χ1) is 10.2. The summed E-state index contributed by atoms with van der Waals surface area (Å²) in [6, 6.07) is 19.1. The average molecular weight is 493 g/mol. The van der Waals surface area contributed by atoms with Gasteiger partial charge in [0.05, 0.1) is 0 Å². The lowest BCUT2D eigenvalue weighted by Crippen LogP contribution is -2.31. The molecule has 0 N–H and O–H groups in total. The summed E-state index contributed by atoms with van der Waals surface area (Å²) in [6.07, 6.45) is 1.12. The minimum atomic E-state index is 0.113. The second kappa shape index (κ2) is 8.76. The van der Waals surface area contributed by atoms with Crippen LogP contribution in [0, 0.1) is 0 Å². The molecule has 21 heavy (non-hydrogen) atoms. The van der Waals surface area contributed by atoms with Crippen LogP contribution in [0.2, 0.25) is 0 Å². The summed E-state index contributed by atoms with van der Waals surface area (Å²) in [6.45, 7) is 0. The van der Waals surface area contributed by atoms with Crippen LogP contribution in [0.4, 0.5) is 0 Å². The molecule has 0 radical (unpaired) electrons. The van der Waals surface area contributed by atoms with Crippen LogP contribution in [0.3, 0.4) is 0 Å². The zero-order valence-corrected chi connectivity index (χ0v) is 17.1. The van der Waals surface area contributed by atoms with Crippen LogP contribution in [0.1, 0.15) is 12.0 Å². The van der Waals surface area contributed by atoms with Gasteiger partial charge in [0.2, 0.25) is 0 Å². The Balaban J connectivity index is 2.10. The standard InChI is InChI=1S/C17H17Br3S/c18-12-17(13-19,15-8-4-5-9-16(15)20)10-11-21-14-6-2-1-3-7-14/h1-9H,10-13H2. The lowest BCUT2D eigenvalue weighted by Gasteiger charge is -2.31. The van der Waals surface area contributed by atoms with E-state index in [9.17, 15) is 0 Å². The summed E-state index contributed by atoms with van der Waals surface area (Å²) in [5.74, 6) is 1.10. The number of rotatable bonds is 7. The summed E-state index contributed by atoms with van der Waals surface area (Å²) in [5, 5.41) is 1.90. The van der Waals surface area contributed by atoms with Crippen LogP contribution in [0.25, 0.3) is 0 Å². The van der Waals surface area contributed by atoms with Crippen molar-refractivity contribution in [3.63, 3.8) is 0 Å². The Labute approximate surface area is 156 Å². The fourth-order valence-electron chi connectivity index (χ4n) is 2.22. The van der Waals surface area contributed by atoms with Crippen molar-refractivity contribution in [1.82, 2.24) is 0 Å². The van der Waals surface area contributed by atoms with E-state index in [1.165, 1.54) is 14.9 Å². The first-order valence-corrected chi connectivity index (χ1v) is 10.8. The van der Waals surface area contributed by atoms with Crippen LogP contribution in [-0.2, 0) is 5.41 Å². The molecule has 2 rings (SSSR count). The van der Waals surface area contributed by atoms with Gasteiger partial charge in [-0.05, 0) is 35.9 Å². The van der Waals surface area contributed by atoms with Gasteiger partial charge in [-0.3, -0.25) is 0 Å². The summed E-state index contributed by atoms with van der Waals surface area (Å²) < 4.78 is 1.19. The average Bonchev–Trinajstić information content (AvgIpc) is 2.54. The fraction of sp³-hybridized carbons (Fsp3) is 0.294. The van der Waals surface area contributed by atoms with Crippen LogP contribution >= 0.6 is 59.6 Å². The first kappa shape index (κ1) is 17.6. The molecule has 0 fully saturated rings. The number of hydrogen-bond acceptors (Lipinski definition) is 1. The van der Waals surface area contributed by atoms with Gasteiger partial charge in [0.25, 0.3) is 0 Å². The van der Waals surface area contributed by atoms with Crippen LogP contribution in [0.5, 0.6) is 0 Å². The molecule has 0 spiro atoms. The maximum Gasteiger partial charge on any atom is 0.0213 e. The van der Waals surface area contributed by atoms with Crippen molar-refractivity contribution >= 4 is 59.6 Å². The van der Waals surface area contributed by atoms with E-state index in [4.69, 9.17) is 0 Å². The molecular weight excluding hydrogens is 476 g/mol. The third-order valence-electron chi connectivity index (χ3n) is 3.55. The van der Waals surface area contributed by atoms with E-state index in [0.29, 0.717) is 0 Å². The summed E-state index contributed by atoms with van der Waals surface area (Å²) in [4.78, 5) is 1.34. The highest BCUT2D eigenvalue weighted by atomic mass is 79.9. The van der Waals surface area contributed by atoms with Gasteiger partial charge in [-0.2, -0.15) is 0 Å². The van der Waals surface area contributed by atoms with E-state index in [-0.39, 0.29) is 5.41 Å². The predicted molar refractivity (Wildman–Crippen MR) is 105 cm³/mol. The lowest BCUT2D eigenvalue weighted by atomic mass is 9.82. The van der Waals surface area contributed by atoms with Crippen LogP contribution in [-0.4, -0.2) is 16.4 Å². The van der Waals surface area contributed by atoms with E-state index in [0.717, 1.165) is 22.8 Å². The number of halogens is 3. The highest BCUT2D eigenvalue weighted by Gasteiger charge is 2.31. The third kappa shape index (κ3) is 4.60. The van der Waals surface area contributed by atoms with Gasteiger partial charge in [-0.15, -0.1) is 11.8 Å². The van der Waals surface area contributed by atoms with Gasteiger partial charge >= 0.3 is 0 Å². The SMILES string of the molecule is BrCC(CBr)(CCSc1ccccc1)c1ccccc1Br. The van der Waals surface area contributed by atoms with Crippen molar-refractivity contribution in [1.29, 1.82) is 0 Å². The monoisotopic (exact) mass is 490 g/mol. The van der Waals surface area contributed by atoms with Gasteiger partial charge in [0.1, 0.15) is 0 Å². The van der Waals surface area contributed by atoms with Crippen LogP contribution < -0.4 is 0 Å². The zero-order valence-electron chi connectivity index (χ0n) is 11.6. The van der Waals surface area contributed by atoms with Gasteiger partial charge in [0.15, 0.2) is 0 Å². The lowest BCUT2D eigenvalue weighted by molar-refractivity contribution is 0.536.